The number of piperazine rings is 2. The summed E-state index contributed by atoms with van der Waals surface area (Å²) in [4.78, 5) is 50.1. The number of ketones is 2. The van der Waals surface area contributed by atoms with Gasteiger partial charge >= 0.3 is 0 Å². The fourth-order valence-corrected chi connectivity index (χ4v) is 37.2. The summed E-state index contributed by atoms with van der Waals surface area (Å²) < 4.78 is 0. The zero-order valence-electron chi connectivity index (χ0n) is 80.5. The number of hydrogen-bond donors (Lipinski definition) is 6. The lowest BCUT2D eigenvalue weighted by molar-refractivity contribution is -0.135. The Bertz CT molecular complexity index is 3490. The lowest BCUT2D eigenvalue weighted by atomic mass is 9.48. The largest absolute Gasteiger partial charge is 0.393 e. The third-order valence-corrected chi connectivity index (χ3v) is 43.6. The van der Waals surface area contributed by atoms with Crippen molar-refractivity contribution in [1.82, 2.24) is 24.5 Å². The number of amides is 1. The number of nitrogens with zero attached hydrogens (tertiary/aromatic N) is 5. The molecule has 14 heteroatoms. The van der Waals surface area contributed by atoms with Crippen LogP contribution in [0.2, 0.25) is 0 Å². The van der Waals surface area contributed by atoms with Gasteiger partial charge in [-0.05, 0) is 468 Å². The molecule has 6 N–H and O–H groups in total. The van der Waals surface area contributed by atoms with Crippen LogP contribution in [-0.2, 0) is 14.4 Å². The highest BCUT2D eigenvalue weighted by molar-refractivity contribution is 5.85. The molecule has 20 rings (SSSR count). The molecule has 124 heavy (non-hydrogen) atoms. The maximum absolute atomic E-state index is 13.5. The van der Waals surface area contributed by atoms with Crippen LogP contribution >= 0.6 is 0 Å². The van der Waals surface area contributed by atoms with Gasteiger partial charge in [0.2, 0.25) is 5.91 Å². The van der Waals surface area contributed by atoms with Gasteiger partial charge in [-0.1, -0.05) is 58.6 Å². The van der Waals surface area contributed by atoms with Gasteiger partial charge in [-0.15, -0.1) is 0 Å². The summed E-state index contributed by atoms with van der Waals surface area (Å²) >= 11 is 0. The Labute approximate surface area is 753 Å². The van der Waals surface area contributed by atoms with E-state index in [0.717, 1.165) is 292 Å². The normalized spacial score (nSPS) is 49.2. The fraction of sp³-hybridized carbons (Fsp3) is 0.918. The first-order chi connectivity index (χ1) is 58.9. The Balaban J connectivity index is 0.000000117. The Hall–Kier alpha value is -2.53. The number of carbonyl (C=O) groups excluding carboxylic acids is 3. The molecule has 1 amide bonds. The van der Waals surface area contributed by atoms with Gasteiger partial charge in [-0.25, -0.2) is 0 Å². The molecule has 20 fully saturated rings. The van der Waals surface area contributed by atoms with E-state index in [1.165, 1.54) is 192 Å². The molecule has 20 aliphatic rings. The van der Waals surface area contributed by atoms with Crippen molar-refractivity contribution in [1.29, 1.82) is 0 Å². The molecular weight excluding hydrogens is 1540 g/mol. The summed E-state index contributed by atoms with van der Waals surface area (Å²) in [6.45, 7) is 47.1. The molecule has 0 radical (unpaired) electrons. The van der Waals surface area contributed by atoms with E-state index in [1.54, 1.807) is 12.5 Å². The van der Waals surface area contributed by atoms with E-state index in [9.17, 15) is 45.0 Å². The first kappa shape index (κ1) is 93.3. The predicted molar refractivity (Wildman–Crippen MR) is 499 cm³/mol. The maximum atomic E-state index is 13.5. The number of aliphatic hydroxyl groups excluding tert-OH is 2. The van der Waals surface area contributed by atoms with E-state index in [1.807, 2.05) is 11.8 Å². The standard InChI is InChI=1S/C28H46N2O2.C28H46O2.C27H44N2O3.C27H45NO2/c1-19(2)30-15-13-29(14-16-30)18-26(31)25-8-7-24-23-6-5-20-17-27(3,32)11-9-21(20)22(23)10-12-28(24,25)4;1-18(16-19-4-7-21(29)8-5-19)25-10-11-26-24-9-6-20-17-27(2,30)14-12-22(20)23(24)13-15-28(25,26)3;1-18(30)29-14-12-28(13-15-29)17-25(31)24-7-6-23-22-5-4-19-16-26(2,32)10-8-20(19)21(22)9-11-27(23,24)3;1-18(17-28-14-10-20(29)11-15-28)24-6-7-25-23-5-4-19-16-26(2,30)12-8-21(19)22(23)9-13-27(24,25)3/h20-25,32H,1,5-18H2,2-4H3;19-26,29-30H,1,4-17H2,2-3H3;19-24,32H,4-17H2,1-3H3;19-25,29-30H,1,4-17H2,2-3H3/t20-,21-,22+,23+,24-,25+,27+,28-;19?,20-,21?,22+,23-,24-,25-,26+,27-,28-;19-,20+,21-,22-,23+,24-,26-,27+;19-,21-,22+,23+,24+,25-,26+,27+/m0110/s1. The van der Waals surface area contributed by atoms with Crippen molar-refractivity contribution in [2.24, 2.45) is 170 Å². The lowest BCUT2D eigenvalue weighted by Gasteiger charge is -2.57. The molecule has 17 aliphatic carbocycles. The van der Waals surface area contributed by atoms with Crippen molar-refractivity contribution in [3.8, 4) is 0 Å². The van der Waals surface area contributed by atoms with Gasteiger partial charge in [-0.3, -0.25) is 29.1 Å². The number of aliphatic hydroxyl groups is 6. The average molecular weight is 1720 g/mol. The highest BCUT2D eigenvalue weighted by atomic mass is 16.3. The number of carbonyl (C=O) groups is 3. The summed E-state index contributed by atoms with van der Waals surface area (Å²) in [5, 5.41) is 62.2. The van der Waals surface area contributed by atoms with Crippen molar-refractivity contribution in [3.63, 3.8) is 0 Å². The molecule has 14 nitrogen and oxygen atoms in total. The van der Waals surface area contributed by atoms with Gasteiger partial charge in [0, 0.05) is 96.4 Å². The number of allylic oxidation sites excluding steroid dienone is 2. The van der Waals surface area contributed by atoms with Gasteiger partial charge in [0.05, 0.1) is 47.7 Å². The van der Waals surface area contributed by atoms with Crippen molar-refractivity contribution < 1.29 is 45.0 Å². The molecule has 17 saturated carbocycles. The smallest absolute Gasteiger partial charge is 0.219 e. The summed E-state index contributed by atoms with van der Waals surface area (Å²) in [6.07, 6.45) is 52.2. The Kier molecular flexibility index (Phi) is 27.9. The van der Waals surface area contributed by atoms with Crippen LogP contribution < -0.4 is 0 Å². The number of likely N-dealkylation sites (tertiary alicyclic amines) is 1. The highest BCUT2D eigenvalue weighted by Gasteiger charge is 2.64. The number of rotatable bonds is 13. The predicted octanol–water partition coefficient (Wildman–Crippen LogP) is 20.0. The van der Waals surface area contributed by atoms with Crippen molar-refractivity contribution >= 4 is 17.5 Å². The minimum absolute atomic E-state index is 0.0446. The molecule has 0 spiro atoms. The Morgan fingerprint density at radius 1 is 0.290 bits per heavy atom. The van der Waals surface area contributed by atoms with Crippen molar-refractivity contribution in [2.45, 2.75) is 380 Å². The van der Waals surface area contributed by atoms with Crippen LogP contribution in [0.4, 0.5) is 0 Å². The molecule has 3 heterocycles. The summed E-state index contributed by atoms with van der Waals surface area (Å²) in [7, 11) is 0. The van der Waals surface area contributed by atoms with Gasteiger partial charge < -0.3 is 40.4 Å². The van der Waals surface area contributed by atoms with Crippen LogP contribution in [0.3, 0.4) is 0 Å². The van der Waals surface area contributed by atoms with E-state index in [0.29, 0.717) is 47.3 Å². The van der Waals surface area contributed by atoms with E-state index < -0.39 is 22.4 Å². The molecule has 3 aliphatic heterocycles. The minimum Gasteiger partial charge on any atom is -0.393 e. The average Bonchev–Trinajstić information content (AvgIpc) is 1.53. The SMILES string of the molecule is C=C(C)N1CCN(CC(=O)[C@H]2CC[C@H]3[C@@H]4CC[C@H]5C[C@](C)(O)CC[C@@H]5[C@H]4CC[C@]23C)CC1.C=C(CC1CCC(O)CC1)[C@H]1CC[C@H]2[C@@H]3CC[C@@H]4C[C@](C)(O)CC[C@@H]4[C@H]3CC[C@]12C.C=C(CN1CCC(O)CC1)[C@H]1CC[C@H]2[C@@H]3CC[C@H]4C[C@](C)(O)CC[C@@H]4[C@H]3CC[C@]12C.CC(=O)N1CCN(CC(=O)[C@H]2CC[C@H]3[C@@H]4CC[C@@H]5C[C@](C)(O)CC[C@@H]5[C@H]4CC[C@]23C)CC1. The molecule has 0 aromatic heterocycles. The van der Waals surface area contributed by atoms with Crippen LogP contribution in [0.1, 0.15) is 345 Å². The zero-order valence-corrected chi connectivity index (χ0v) is 80.5. The monoisotopic (exact) mass is 1720 g/mol. The van der Waals surface area contributed by atoms with Gasteiger partial charge in [0.1, 0.15) is 11.6 Å². The molecule has 0 aromatic carbocycles. The molecule has 32 atom stereocenters. The number of fused-ring (bicyclic) bond motifs is 20. The second-order valence-corrected chi connectivity index (χ2v) is 50.8. The molecule has 0 bridgehead atoms. The fourth-order valence-electron chi connectivity index (χ4n) is 37.2. The van der Waals surface area contributed by atoms with Gasteiger partial charge in [0.25, 0.3) is 0 Å². The first-order valence-corrected chi connectivity index (χ1v) is 53.4. The van der Waals surface area contributed by atoms with E-state index in [-0.39, 0.29) is 40.8 Å². The maximum Gasteiger partial charge on any atom is 0.219 e. The molecular formula is C110H181N5O9. The summed E-state index contributed by atoms with van der Waals surface area (Å²) in [5.41, 5.74) is 3.86. The topological polar surface area (TPSA) is 189 Å². The molecule has 700 valence electrons. The van der Waals surface area contributed by atoms with E-state index in [2.05, 4.69) is 94.7 Å². The van der Waals surface area contributed by atoms with Crippen LogP contribution in [0, 0.1) is 170 Å². The summed E-state index contributed by atoms with van der Waals surface area (Å²) in [5.74, 6) is 20.6. The Morgan fingerprint density at radius 3 is 0.911 bits per heavy atom. The Morgan fingerprint density at radius 2 is 0.581 bits per heavy atom. The second kappa shape index (κ2) is 37.0. The van der Waals surface area contributed by atoms with Crippen molar-refractivity contribution in [2.75, 3.05) is 85.1 Å². The van der Waals surface area contributed by atoms with Crippen LogP contribution in [-0.4, -0.2) is 192 Å². The number of piperidine rings is 1. The first-order valence-electron chi connectivity index (χ1n) is 53.4. The number of Topliss-reactive ketones (excluding diaryl/α,β-unsaturated/α-hetero) is 2. The minimum atomic E-state index is -0.446. The number of hydrogen-bond acceptors (Lipinski definition) is 13. The van der Waals surface area contributed by atoms with Crippen molar-refractivity contribution in [3.05, 3.63) is 36.6 Å². The van der Waals surface area contributed by atoms with Crippen LogP contribution in [0.25, 0.3) is 0 Å². The third-order valence-electron chi connectivity index (χ3n) is 43.6. The molecule has 3 saturated heterocycles. The van der Waals surface area contributed by atoms with Crippen LogP contribution in [0.15, 0.2) is 36.6 Å². The van der Waals surface area contributed by atoms with Gasteiger partial charge in [-0.2, -0.15) is 0 Å². The van der Waals surface area contributed by atoms with Gasteiger partial charge in [0.15, 0.2) is 0 Å². The highest BCUT2D eigenvalue weighted by Crippen LogP contribution is 2.71. The molecule has 0 unspecified atom stereocenters. The van der Waals surface area contributed by atoms with E-state index in [4.69, 9.17) is 0 Å². The third kappa shape index (κ3) is 18.9. The lowest BCUT2D eigenvalue weighted by Crippen LogP contribution is -2.52. The summed E-state index contributed by atoms with van der Waals surface area (Å²) in [6, 6.07) is 0. The van der Waals surface area contributed by atoms with Crippen LogP contribution in [0.5, 0.6) is 0 Å². The molecule has 0 aromatic rings. The van der Waals surface area contributed by atoms with E-state index >= 15 is 0 Å². The second-order valence-electron chi connectivity index (χ2n) is 50.8. The zero-order chi connectivity index (χ0) is 87.5. The quantitative estimate of drug-likeness (QED) is 0.0957.